The molecule has 0 spiro atoms. The molecule has 0 saturated heterocycles. The molecular weight excluding hydrogens is 184 g/mol. The lowest BCUT2D eigenvalue weighted by atomic mass is 10.1. The number of allylic oxidation sites excluding steroid dienone is 1. The molecule has 0 aliphatic rings. The van der Waals surface area contributed by atoms with Crippen molar-refractivity contribution in [3.63, 3.8) is 0 Å². The lowest BCUT2D eigenvalue weighted by Crippen LogP contribution is -1.88. The van der Waals surface area contributed by atoms with Crippen LogP contribution in [-0.2, 0) is 4.79 Å². The monoisotopic (exact) mass is 212 g/mol. The predicted octanol–water partition coefficient (Wildman–Crippen LogP) is 4.91. The highest BCUT2D eigenvalue weighted by Crippen LogP contribution is 2.01. The molecule has 0 fully saturated rings. The van der Waals surface area contributed by atoms with Crippen LogP contribution in [0, 0.1) is 0 Å². The van der Waals surface area contributed by atoms with Crippen LogP contribution < -0.4 is 0 Å². The molecule has 0 rings (SSSR count). The summed E-state index contributed by atoms with van der Waals surface area (Å²) in [6.07, 6.45) is 11.3. The van der Waals surface area contributed by atoms with Crippen LogP contribution in [-0.4, -0.2) is 5.78 Å². The number of hydrogen-bond donors (Lipinski definition) is 0. The Morgan fingerprint density at radius 2 is 1.67 bits per heavy atom. The molecule has 0 aromatic heterocycles. The third-order valence-corrected chi connectivity index (χ3v) is 2.14. The van der Waals surface area contributed by atoms with E-state index >= 15 is 0 Å². The Morgan fingerprint density at radius 1 is 1.07 bits per heavy atom. The number of rotatable bonds is 8. The molecule has 0 aliphatic heterocycles. The maximum absolute atomic E-state index is 10.4. The second-order valence-electron chi connectivity index (χ2n) is 3.94. The standard InChI is InChI=1S/C8H16O.C6H12/c1-3-4-5-6-7-8(2)9;1-3-5-6-4-2/h3-7H2,1-2H3;3H,1,4-6H2,2H3. The van der Waals surface area contributed by atoms with E-state index in [1.807, 2.05) is 6.08 Å². The van der Waals surface area contributed by atoms with Crippen LogP contribution >= 0.6 is 0 Å². The third kappa shape index (κ3) is 24.7. The van der Waals surface area contributed by atoms with E-state index in [2.05, 4.69) is 20.4 Å². The Morgan fingerprint density at radius 3 is 2.00 bits per heavy atom. The van der Waals surface area contributed by atoms with E-state index < -0.39 is 0 Å². The number of unbranched alkanes of at least 4 members (excludes halogenated alkanes) is 5. The lowest BCUT2D eigenvalue weighted by molar-refractivity contribution is -0.117. The maximum Gasteiger partial charge on any atom is 0.129 e. The van der Waals surface area contributed by atoms with E-state index in [0.717, 1.165) is 12.8 Å². The molecule has 0 heterocycles. The van der Waals surface area contributed by atoms with Gasteiger partial charge in [-0.1, -0.05) is 52.0 Å². The molecule has 0 aromatic rings. The van der Waals surface area contributed by atoms with Gasteiger partial charge in [-0.2, -0.15) is 0 Å². The Labute approximate surface area is 96.0 Å². The lowest BCUT2D eigenvalue weighted by Gasteiger charge is -1.93. The average Bonchev–Trinajstić information content (AvgIpc) is 2.22. The van der Waals surface area contributed by atoms with E-state index in [1.54, 1.807) is 6.92 Å². The third-order valence-electron chi connectivity index (χ3n) is 2.14. The van der Waals surface area contributed by atoms with Crippen molar-refractivity contribution in [2.45, 2.75) is 72.1 Å². The van der Waals surface area contributed by atoms with Crippen LogP contribution in [0.2, 0.25) is 0 Å². The van der Waals surface area contributed by atoms with Gasteiger partial charge in [0.1, 0.15) is 5.78 Å². The van der Waals surface area contributed by atoms with E-state index in [4.69, 9.17) is 0 Å². The molecule has 0 aromatic carbocycles. The maximum atomic E-state index is 10.4. The summed E-state index contributed by atoms with van der Waals surface area (Å²) in [5, 5.41) is 0. The van der Waals surface area contributed by atoms with Gasteiger partial charge >= 0.3 is 0 Å². The molecule has 0 aliphatic carbocycles. The first-order chi connectivity index (χ1) is 7.18. The van der Waals surface area contributed by atoms with Crippen molar-refractivity contribution in [1.82, 2.24) is 0 Å². The zero-order chi connectivity index (χ0) is 11.9. The zero-order valence-corrected chi connectivity index (χ0v) is 10.8. The Bertz CT molecular complexity index is 138. The van der Waals surface area contributed by atoms with E-state index in [0.29, 0.717) is 5.78 Å². The van der Waals surface area contributed by atoms with Crippen LogP contribution in [0.25, 0.3) is 0 Å². The molecule has 0 atom stereocenters. The number of hydrogen-bond acceptors (Lipinski definition) is 1. The largest absolute Gasteiger partial charge is 0.300 e. The van der Waals surface area contributed by atoms with Gasteiger partial charge in [0.15, 0.2) is 0 Å². The van der Waals surface area contributed by atoms with Crippen molar-refractivity contribution in [1.29, 1.82) is 0 Å². The van der Waals surface area contributed by atoms with Gasteiger partial charge in [0.2, 0.25) is 0 Å². The summed E-state index contributed by atoms with van der Waals surface area (Å²) in [4.78, 5) is 10.4. The van der Waals surface area contributed by atoms with Gasteiger partial charge in [-0.3, -0.25) is 0 Å². The Balaban J connectivity index is 0. The van der Waals surface area contributed by atoms with Crippen LogP contribution in [0.4, 0.5) is 0 Å². The zero-order valence-electron chi connectivity index (χ0n) is 10.8. The van der Waals surface area contributed by atoms with Crippen molar-refractivity contribution >= 4 is 5.78 Å². The van der Waals surface area contributed by atoms with Crippen LogP contribution in [0.1, 0.15) is 72.1 Å². The van der Waals surface area contributed by atoms with Crippen molar-refractivity contribution in [3.8, 4) is 0 Å². The second kappa shape index (κ2) is 15.9. The molecule has 1 heteroatoms. The molecular formula is C14H28O. The molecule has 0 N–H and O–H groups in total. The van der Waals surface area contributed by atoms with Crippen molar-refractivity contribution in [3.05, 3.63) is 12.7 Å². The molecule has 15 heavy (non-hydrogen) atoms. The summed E-state index contributed by atoms with van der Waals surface area (Å²) in [5.74, 6) is 0.325. The minimum Gasteiger partial charge on any atom is -0.300 e. The first kappa shape index (κ1) is 16.8. The van der Waals surface area contributed by atoms with Crippen molar-refractivity contribution in [2.75, 3.05) is 0 Å². The minimum absolute atomic E-state index is 0.325. The van der Waals surface area contributed by atoms with E-state index in [-0.39, 0.29) is 0 Å². The van der Waals surface area contributed by atoms with Crippen LogP contribution in [0.5, 0.6) is 0 Å². The molecule has 0 radical (unpaired) electrons. The summed E-state index contributed by atoms with van der Waals surface area (Å²) >= 11 is 0. The van der Waals surface area contributed by atoms with Gasteiger partial charge in [0.25, 0.3) is 0 Å². The summed E-state index contributed by atoms with van der Waals surface area (Å²) in [5.41, 5.74) is 0. The summed E-state index contributed by atoms with van der Waals surface area (Å²) in [6, 6.07) is 0. The van der Waals surface area contributed by atoms with E-state index in [9.17, 15) is 4.79 Å². The fourth-order valence-electron chi connectivity index (χ4n) is 1.15. The smallest absolute Gasteiger partial charge is 0.129 e. The molecule has 0 amide bonds. The average molecular weight is 212 g/mol. The number of carbonyl (C=O) groups is 1. The summed E-state index contributed by atoms with van der Waals surface area (Å²) < 4.78 is 0. The molecule has 0 unspecified atom stereocenters. The number of ketones is 1. The molecule has 0 bridgehead atoms. The predicted molar refractivity (Wildman–Crippen MR) is 69.2 cm³/mol. The molecule has 90 valence electrons. The van der Waals surface area contributed by atoms with Gasteiger partial charge < -0.3 is 4.79 Å². The van der Waals surface area contributed by atoms with Crippen LogP contribution in [0.3, 0.4) is 0 Å². The molecule has 1 nitrogen and oxygen atoms in total. The van der Waals surface area contributed by atoms with E-state index in [1.165, 1.54) is 38.5 Å². The summed E-state index contributed by atoms with van der Waals surface area (Å²) in [7, 11) is 0. The first-order valence-corrected chi connectivity index (χ1v) is 6.29. The number of carbonyl (C=O) groups excluding carboxylic acids is 1. The first-order valence-electron chi connectivity index (χ1n) is 6.29. The normalized spacial score (nSPS) is 9.00. The van der Waals surface area contributed by atoms with Gasteiger partial charge in [-0.15, -0.1) is 6.58 Å². The Kier molecular flexibility index (Phi) is 17.8. The highest BCUT2D eigenvalue weighted by Gasteiger charge is 1.91. The van der Waals surface area contributed by atoms with Crippen molar-refractivity contribution < 1.29 is 4.79 Å². The van der Waals surface area contributed by atoms with Gasteiger partial charge in [0.05, 0.1) is 0 Å². The highest BCUT2D eigenvalue weighted by atomic mass is 16.1. The topological polar surface area (TPSA) is 17.1 Å². The quantitative estimate of drug-likeness (QED) is 0.413. The van der Waals surface area contributed by atoms with Crippen LogP contribution in [0.15, 0.2) is 12.7 Å². The minimum atomic E-state index is 0.325. The summed E-state index contributed by atoms with van der Waals surface area (Å²) in [6.45, 7) is 9.62. The fourth-order valence-corrected chi connectivity index (χ4v) is 1.15. The van der Waals surface area contributed by atoms with Gasteiger partial charge in [0, 0.05) is 6.42 Å². The second-order valence-corrected chi connectivity index (χ2v) is 3.94. The highest BCUT2D eigenvalue weighted by molar-refractivity contribution is 5.75. The fraction of sp³-hybridized carbons (Fsp3) is 0.786. The SMILES string of the molecule is C=CCCCC.CCCCCCC(C)=O. The van der Waals surface area contributed by atoms with Gasteiger partial charge in [-0.05, 0) is 19.8 Å². The van der Waals surface area contributed by atoms with Crippen molar-refractivity contribution in [2.24, 2.45) is 0 Å². The Hall–Kier alpha value is -0.590. The number of Topliss-reactive ketones (excluding diaryl/α,β-unsaturated/α-hetero) is 1. The van der Waals surface area contributed by atoms with Gasteiger partial charge in [-0.25, -0.2) is 0 Å². The molecule has 0 saturated carbocycles.